The number of sulfonamides is 1. The molecule has 0 heterocycles. The Balaban J connectivity index is 1.76. The van der Waals surface area contributed by atoms with E-state index in [4.69, 9.17) is 16.3 Å². The Kier molecular flexibility index (Phi) is 8.23. The average molecular weight is 484 g/mol. The Morgan fingerprint density at radius 2 is 1.79 bits per heavy atom. The first-order valence-electron chi connectivity index (χ1n) is 9.89. The van der Waals surface area contributed by atoms with Crippen molar-refractivity contribution in [3.63, 3.8) is 0 Å². The second-order valence-electron chi connectivity index (χ2n) is 6.77. The molecular weight excluding hydrogens is 462 g/mol. The summed E-state index contributed by atoms with van der Waals surface area (Å²) in [4.78, 5) is 12.6. The second-order valence-corrected chi connectivity index (χ2v) is 9.07. The van der Waals surface area contributed by atoms with E-state index in [1.165, 1.54) is 30.5 Å². The summed E-state index contributed by atoms with van der Waals surface area (Å²) in [6.07, 6.45) is 3.08. The van der Waals surface area contributed by atoms with Gasteiger partial charge in [0.15, 0.2) is 0 Å². The van der Waals surface area contributed by atoms with Gasteiger partial charge >= 0.3 is 0 Å². The van der Waals surface area contributed by atoms with Crippen LogP contribution in [0.5, 0.6) is 5.75 Å². The molecule has 7 nitrogen and oxygen atoms in total. The Bertz CT molecular complexity index is 1230. The summed E-state index contributed by atoms with van der Waals surface area (Å²) in [7, 11) is -4.00. The molecule has 0 spiro atoms. The molecule has 1 amide bonds. The van der Waals surface area contributed by atoms with E-state index in [1.54, 1.807) is 60.7 Å². The van der Waals surface area contributed by atoms with Crippen LogP contribution in [0.25, 0.3) is 0 Å². The summed E-state index contributed by atoms with van der Waals surface area (Å²) in [5, 5.41) is 4.38. The zero-order valence-electron chi connectivity index (χ0n) is 17.6. The number of anilines is 1. The van der Waals surface area contributed by atoms with Crippen molar-refractivity contribution in [2.45, 2.75) is 4.90 Å². The van der Waals surface area contributed by atoms with Crippen molar-refractivity contribution in [1.29, 1.82) is 0 Å². The van der Waals surface area contributed by atoms with Gasteiger partial charge < -0.3 is 4.74 Å². The average Bonchev–Trinajstić information content (AvgIpc) is 2.83. The van der Waals surface area contributed by atoms with Crippen molar-refractivity contribution in [2.75, 3.05) is 17.5 Å². The van der Waals surface area contributed by atoms with Gasteiger partial charge in [0.1, 0.15) is 18.9 Å². The van der Waals surface area contributed by atoms with Crippen molar-refractivity contribution >= 4 is 39.4 Å². The lowest BCUT2D eigenvalue weighted by Crippen LogP contribution is -2.39. The predicted octanol–water partition coefficient (Wildman–Crippen LogP) is 4.25. The van der Waals surface area contributed by atoms with Crippen molar-refractivity contribution in [3.05, 3.63) is 102 Å². The maximum Gasteiger partial charge on any atom is 0.264 e. The lowest BCUT2D eigenvalue weighted by atomic mass is 10.2. The van der Waals surface area contributed by atoms with E-state index < -0.39 is 22.5 Å². The molecule has 170 valence electrons. The van der Waals surface area contributed by atoms with Crippen LogP contribution in [-0.2, 0) is 14.8 Å². The van der Waals surface area contributed by atoms with Crippen LogP contribution in [0, 0.1) is 0 Å². The summed E-state index contributed by atoms with van der Waals surface area (Å²) in [5.41, 5.74) is 3.37. The quantitative estimate of drug-likeness (QED) is 0.265. The maximum atomic E-state index is 13.2. The number of nitrogens with one attached hydrogen (secondary N) is 1. The van der Waals surface area contributed by atoms with Crippen LogP contribution in [0.4, 0.5) is 5.69 Å². The number of ether oxygens (including phenoxy) is 1. The molecule has 1 N–H and O–H groups in total. The Hall–Kier alpha value is -3.62. The fourth-order valence-electron chi connectivity index (χ4n) is 2.83. The van der Waals surface area contributed by atoms with Gasteiger partial charge in [-0.3, -0.25) is 9.10 Å². The largest absolute Gasteiger partial charge is 0.490 e. The van der Waals surface area contributed by atoms with E-state index in [-0.39, 0.29) is 4.90 Å². The number of carbonyl (C=O) groups excluding carboxylic acids is 1. The first-order chi connectivity index (χ1) is 15.9. The molecule has 0 saturated heterocycles. The summed E-state index contributed by atoms with van der Waals surface area (Å²) < 4.78 is 32.9. The van der Waals surface area contributed by atoms with Crippen molar-refractivity contribution in [2.24, 2.45) is 5.10 Å². The minimum absolute atomic E-state index is 0.0626. The number of nitrogens with zero attached hydrogens (tertiary/aromatic N) is 2. The Labute approximate surface area is 198 Å². The van der Waals surface area contributed by atoms with Gasteiger partial charge in [0.05, 0.1) is 16.8 Å². The Morgan fingerprint density at radius 1 is 1.06 bits per heavy atom. The molecule has 0 aromatic heterocycles. The molecule has 33 heavy (non-hydrogen) atoms. The van der Waals surface area contributed by atoms with Gasteiger partial charge in [0.2, 0.25) is 0 Å². The van der Waals surface area contributed by atoms with Gasteiger partial charge in [-0.15, -0.1) is 0 Å². The van der Waals surface area contributed by atoms with E-state index in [0.717, 1.165) is 4.31 Å². The standard InChI is InChI=1S/C24H22ClN3O4S/c1-2-15-32-22-8-6-7-19(16-22)17-26-27-24(29)18-28(21-13-11-20(25)12-14-21)33(30,31)23-9-4-3-5-10-23/h2-14,16-17H,1,15,18H2,(H,27,29). The molecule has 0 fully saturated rings. The van der Waals surface area contributed by atoms with Crippen molar-refractivity contribution in [1.82, 2.24) is 5.43 Å². The zero-order chi connectivity index (χ0) is 23.7. The number of hydrazone groups is 1. The van der Waals surface area contributed by atoms with E-state index in [9.17, 15) is 13.2 Å². The fourth-order valence-corrected chi connectivity index (χ4v) is 4.39. The highest BCUT2D eigenvalue weighted by molar-refractivity contribution is 7.92. The smallest absolute Gasteiger partial charge is 0.264 e. The third-order valence-corrected chi connectivity index (χ3v) is 6.40. The molecule has 3 rings (SSSR count). The van der Waals surface area contributed by atoms with Crippen LogP contribution in [0.3, 0.4) is 0 Å². The molecule has 0 saturated carbocycles. The van der Waals surface area contributed by atoms with Gasteiger partial charge in [-0.2, -0.15) is 5.10 Å². The van der Waals surface area contributed by atoms with E-state index >= 15 is 0 Å². The molecule has 0 bridgehead atoms. The van der Waals surface area contributed by atoms with Gasteiger partial charge in [0, 0.05) is 5.02 Å². The highest BCUT2D eigenvalue weighted by atomic mass is 35.5. The third-order valence-electron chi connectivity index (χ3n) is 4.36. The van der Waals surface area contributed by atoms with Crippen molar-refractivity contribution in [3.8, 4) is 5.75 Å². The number of amides is 1. The van der Waals surface area contributed by atoms with Gasteiger partial charge in [-0.05, 0) is 54.1 Å². The lowest BCUT2D eigenvalue weighted by molar-refractivity contribution is -0.119. The molecule has 0 aliphatic rings. The molecule has 0 aliphatic carbocycles. The molecule has 0 unspecified atom stereocenters. The molecule has 0 radical (unpaired) electrons. The topological polar surface area (TPSA) is 88.1 Å². The predicted molar refractivity (Wildman–Crippen MR) is 130 cm³/mol. The number of hydrogen-bond acceptors (Lipinski definition) is 5. The van der Waals surface area contributed by atoms with Crippen LogP contribution < -0.4 is 14.5 Å². The first-order valence-corrected chi connectivity index (χ1v) is 11.7. The number of rotatable bonds is 10. The molecule has 9 heteroatoms. The van der Waals surface area contributed by atoms with Crippen LogP contribution in [0.1, 0.15) is 5.56 Å². The van der Waals surface area contributed by atoms with Gasteiger partial charge in [0.25, 0.3) is 15.9 Å². The maximum absolute atomic E-state index is 13.2. The highest BCUT2D eigenvalue weighted by Gasteiger charge is 2.27. The molecule has 0 atom stereocenters. The summed E-state index contributed by atoms with van der Waals surface area (Å²) in [6.45, 7) is 3.50. The molecule has 0 aliphatic heterocycles. The monoisotopic (exact) mass is 483 g/mol. The lowest BCUT2D eigenvalue weighted by Gasteiger charge is -2.23. The van der Waals surface area contributed by atoms with Crippen LogP contribution in [0.15, 0.2) is 102 Å². The van der Waals surface area contributed by atoms with Crippen LogP contribution in [-0.4, -0.2) is 33.7 Å². The number of hydrogen-bond donors (Lipinski definition) is 1. The molecule has 3 aromatic rings. The number of benzene rings is 3. The zero-order valence-corrected chi connectivity index (χ0v) is 19.2. The third kappa shape index (κ3) is 6.68. The minimum atomic E-state index is -4.00. The Morgan fingerprint density at radius 3 is 2.48 bits per heavy atom. The summed E-state index contributed by atoms with van der Waals surface area (Å²) in [5.74, 6) is 0.0211. The second kappa shape index (κ2) is 11.3. The van der Waals surface area contributed by atoms with E-state index in [0.29, 0.717) is 28.6 Å². The number of carbonyl (C=O) groups is 1. The summed E-state index contributed by atoms with van der Waals surface area (Å²) >= 11 is 5.94. The van der Waals surface area contributed by atoms with E-state index in [1.807, 2.05) is 0 Å². The minimum Gasteiger partial charge on any atom is -0.490 e. The fraction of sp³-hybridized carbons (Fsp3) is 0.0833. The SMILES string of the molecule is C=CCOc1cccc(C=NNC(=O)CN(c2ccc(Cl)cc2)S(=O)(=O)c2ccccc2)c1. The van der Waals surface area contributed by atoms with Crippen molar-refractivity contribution < 1.29 is 17.9 Å². The molecular formula is C24H22ClN3O4S. The number of halogens is 1. The van der Waals surface area contributed by atoms with Crippen LogP contribution in [0.2, 0.25) is 5.02 Å². The highest BCUT2D eigenvalue weighted by Crippen LogP contribution is 2.25. The van der Waals surface area contributed by atoms with Gasteiger partial charge in [-0.25, -0.2) is 13.8 Å². The van der Waals surface area contributed by atoms with Gasteiger partial charge in [-0.1, -0.05) is 54.6 Å². The normalized spacial score (nSPS) is 11.2. The first kappa shape index (κ1) is 24.0. The molecule has 3 aromatic carbocycles. The summed E-state index contributed by atoms with van der Waals surface area (Å²) in [6, 6.07) is 21.2. The van der Waals surface area contributed by atoms with Crippen LogP contribution >= 0.6 is 11.6 Å². The van der Waals surface area contributed by atoms with E-state index in [2.05, 4.69) is 17.1 Å².